The molecule has 1 aromatic rings. The molecule has 0 fully saturated rings. The SMILES string of the molecule is CCCN=C(N)NCCSCCOc1cccc(Br)c1. The molecule has 1 aromatic carbocycles. The van der Waals surface area contributed by atoms with E-state index in [9.17, 15) is 0 Å². The number of benzene rings is 1. The second-order valence-corrected chi connectivity index (χ2v) is 6.25. The molecule has 0 spiro atoms. The Morgan fingerprint density at radius 3 is 3.05 bits per heavy atom. The van der Waals surface area contributed by atoms with E-state index in [0.717, 1.165) is 41.2 Å². The molecule has 0 amide bonds. The van der Waals surface area contributed by atoms with Gasteiger partial charge in [-0.3, -0.25) is 4.99 Å². The molecule has 0 aromatic heterocycles. The van der Waals surface area contributed by atoms with E-state index in [-0.39, 0.29) is 0 Å². The first kappa shape index (κ1) is 17.2. The molecule has 4 nitrogen and oxygen atoms in total. The van der Waals surface area contributed by atoms with Crippen LogP contribution in [-0.2, 0) is 0 Å². The van der Waals surface area contributed by atoms with Crippen molar-refractivity contribution in [1.29, 1.82) is 0 Å². The lowest BCUT2D eigenvalue weighted by atomic mass is 10.3. The fraction of sp³-hybridized carbons (Fsp3) is 0.500. The van der Waals surface area contributed by atoms with Crippen molar-refractivity contribution in [3.63, 3.8) is 0 Å². The summed E-state index contributed by atoms with van der Waals surface area (Å²) in [5.41, 5.74) is 5.69. The topological polar surface area (TPSA) is 59.6 Å². The Labute approximate surface area is 133 Å². The fourth-order valence-electron chi connectivity index (χ4n) is 1.42. The molecule has 0 heterocycles. The van der Waals surface area contributed by atoms with Crippen LogP contribution in [0.4, 0.5) is 0 Å². The first-order valence-electron chi connectivity index (χ1n) is 6.72. The van der Waals surface area contributed by atoms with Crippen molar-refractivity contribution >= 4 is 33.7 Å². The molecule has 0 bridgehead atoms. The van der Waals surface area contributed by atoms with Crippen molar-refractivity contribution in [2.75, 3.05) is 31.2 Å². The second kappa shape index (κ2) is 10.9. The summed E-state index contributed by atoms with van der Waals surface area (Å²) in [6.07, 6.45) is 1.02. The minimum Gasteiger partial charge on any atom is -0.493 e. The lowest BCUT2D eigenvalue weighted by molar-refractivity contribution is 0.344. The van der Waals surface area contributed by atoms with Crippen molar-refractivity contribution < 1.29 is 4.74 Å². The van der Waals surface area contributed by atoms with Crippen LogP contribution in [0, 0.1) is 0 Å². The molecule has 0 aliphatic carbocycles. The average Bonchev–Trinajstić information content (AvgIpc) is 2.44. The highest BCUT2D eigenvalue weighted by atomic mass is 79.9. The summed E-state index contributed by atoms with van der Waals surface area (Å²) < 4.78 is 6.68. The van der Waals surface area contributed by atoms with Crippen LogP contribution in [0.3, 0.4) is 0 Å². The highest BCUT2D eigenvalue weighted by molar-refractivity contribution is 9.10. The van der Waals surface area contributed by atoms with E-state index in [2.05, 4.69) is 33.2 Å². The van der Waals surface area contributed by atoms with E-state index in [1.807, 2.05) is 36.0 Å². The molecule has 112 valence electrons. The third-order valence-electron chi connectivity index (χ3n) is 2.35. The van der Waals surface area contributed by atoms with E-state index in [0.29, 0.717) is 12.6 Å². The number of hydrogen-bond donors (Lipinski definition) is 2. The van der Waals surface area contributed by atoms with Crippen LogP contribution in [0.1, 0.15) is 13.3 Å². The van der Waals surface area contributed by atoms with Gasteiger partial charge < -0.3 is 15.8 Å². The van der Waals surface area contributed by atoms with Gasteiger partial charge in [-0.2, -0.15) is 11.8 Å². The first-order valence-corrected chi connectivity index (χ1v) is 8.67. The molecular weight excluding hydrogens is 338 g/mol. The van der Waals surface area contributed by atoms with Crippen molar-refractivity contribution in [3.8, 4) is 5.75 Å². The first-order chi connectivity index (χ1) is 9.72. The fourth-order valence-corrected chi connectivity index (χ4v) is 2.45. The van der Waals surface area contributed by atoms with Crippen LogP contribution in [0.5, 0.6) is 5.75 Å². The van der Waals surface area contributed by atoms with Crippen LogP contribution < -0.4 is 15.8 Å². The third-order valence-corrected chi connectivity index (χ3v) is 3.79. The van der Waals surface area contributed by atoms with Gasteiger partial charge in [0.15, 0.2) is 5.96 Å². The Hall–Kier alpha value is -0.880. The molecule has 0 atom stereocenters. The molecule has 0 aliphatic heterocycles. The van der Waals surface area contributed by atoms with Gasteiger partial charge in [0.05, 0.1) is 6.61 Å². The van der Waals surface area contributed by atoms with Gasteiger partial charge in [0.1, 0.15) is 5.75 Å². The van der Waals surface area contributed by atoms with Gasteiger partial charge in [-0.25, -0.2) is 0 Å². The van der Waals surface area contributed by atoms with Crippen LogP contribution in [0.2, 0.25) is 0 Å². The number of aliphatic imine (C=N–C) groups is 1. The predicted octanol–water partition coefficient (Wildman–Crippen LogP) is 2.88. The number of thioether (sulfide) groups is 1. The zero-order chi connectivity index (χ0) is 14.6. The molecule has 20 heavy (non-hydrogen) atoms. The van der Waals surface area contributed by atoms with Gasteiger partial charge in [0.25, 0.3) is 0 Å². The number of rotatable bonds is 9. The van der Waals surface area contributed by atoms with Gasteiger partial charge in [0, 0.05) is 29.1 Å². The maximum Gasteiger partial charge on any atom is 0.188 e. The van der Waals surface area contributed by atoms with Crippen LogP contribution in [-0.4, -0.2) is 37.2 Å². The van der Waals surface area contributed by atoms with Crippen LogP contribution in [0.25, 0.3) is 0 Å². The largest absolute Gasteiger partial charge is 0.493 e. The Balaban J connectivity index is 2.00. The van der Waals surface area contributed by atoms with E-state index in [1.54, 1.807) is 0 Å². The molecular formula is C14H22BrN3OS. The average molecular weight is 360 g/mol. The summed E-state index contributed by atoms with van der Waals surface area (Å²) in [6, 6.07) is 7.88. The molecule has 0 unspecified atom stereocenters. The summed E-state index contributed by atoms with van der Waals surface area (Å²) in [7, 11) is 0. The van der Waals surface area contributed by atoms with Crippen molar-refractivity contribution in [2.24, 2.45) is 10.7 Å². The highest BCUT2D eigenvalue weighted by Gasteiger charge is 1.96. The number of ether oxygens (including phenoxy) is 1. The van der Waals surface area contributed by atoms with Crippen molar-refractivity contribution in [2.45, 2.75) is 13.3 Å². The minimum absolute atomic E-state index is 0.540. The second-order valence-electron chi connectivity index (χ2n) is 4.11. The molecule has 0 radical (unpaired) electrons. The Kier molecular flexibility index (Phi) is 9.32. The number of nitrogens with two attached hydrogens (primary N) is 1. The third kappa shape index (κ3) is 8.32. The number of guanidine groups is 1. The molecule has 0 aliphatic rings. The van der Waals surface area contributed by atoms with Gasteiger partial charge in [-0.15, -0.1) is 0 Å². The number of nitrogens with zero attached hydrogens (tertiary/aromatic N) is 1. The van der Waals surface area contributed by atoms with Gasteiger partial charge in [-0.1, -0.05) is 28.9 Å². The number of nitrogens with one attached hydrogen (secondary N) is 1. The Morgan fingerprint density at radius 1 is 1.45 bits per heavy atom. The van der Waals surface area contributed by atoms with Crippen LogP contribution in [0.15, 0.2) is 33.7 Å². The quantitative estimate of drug-likeness (QED) is 0.404. The zero-order valence-electron chi connectivity index (χ0n) is 11.8. The standard InChI is InChI=1S/C14H22BrN3OS/c1-2-6-17-14(16)18-7-9-20-10-8-19-13-5-3-4-12(15)11-13/h3-5,11H,2,6-10H2,1H3,(H3,16,17,18). The predicted molar refractivity (Wildman–Crippen MR) is 91.7 cm³/mol. The number of halogens is 1. The minimum atomic E-state index is 0.540. The highest BCUT2D eigenvalue weighted by Crippen LogP contribution is 2.17. The zero-order valence-corrected chi connectivity index (χ0v) is 14.2. The molecule has 3 N–H and O–H groups in total. The number of hydrogen-bond acceptors (Lipinski definition) is 3. The summed E-state index contributed by atoms with van der Waals surface area (Å²) in [5, 5.41) is 3.09. The smallest absolute Gasteiger partial charge is 0.188 e. The summed E-state index contributed by atoms with van der Waals surface area (Å²) in [6.45, 7) is 4.41. The van der Waals surface area contributed by atoms with E-state index >= 15 is 0 Å². The van der Waals surface area contributed by atoms with E-state index in [1.165, 1.54) is 0 Å². The normalized spacial score (nSPS) is 11.4. The monoisotopic (exact) mass is 359 g/mol. The summed E-state index contributed by atoms with van der Waals surface area (Å²) >= 11 is 5.25. The summed E-state index contributed by atoms with van der Waals surface area (Å²) in [4.78, 5) is 4.17. The van der Waals surface area contributed by atoms with E-state index in [4.69, 9.17) is 10.5 Å². The maximum atomic E-state index is 5.69. The summed E-state index contributed by atoms with van der Waals surface area (Å²) in [5.74, 6) is 3.39. The lowest BCUT2D eigenvalue weighted by Crippen LogP contribution is -2.33. The van der Waals surface area contributed by atoms with Gasteiger partial charge in [0.2, 0.25) is 0 Å². The van der Waals surface area contributed by atoms with Crippen molar-refractivity contribution in [1.82, 2.24) is 5.32 Å². The molecule has 0 saturated carbocycles. The molecule has 1 rings (SSSR count). The Morgan fingerprint density at radius 2 is 2.30 bits per heavy atom. The molecule has 0 saturated heterocycles. The molecule has 6 heteroatoms. The van der Waals surface area contributed by atoms with Crippen molar-refractivity contribution in [3.05, 3.63) is 28.7 Å². The van der Waals surface area contributed by atoms with Gasteiger partial charge in [-0.05, 0) is 24.6 Å². The maximum absolute atomic E-state index is 5.69. The van der Waals surface area contributed by atoms with Crippen LogP contribution >= 0.6 is 27.7 Å². The Bertz CT molecular complexity index is 415. The lowest BCUT2D eigenvalue weighted by Gasteiger charge is -2.07. The van der Waals surface area contributed by atoms with Gasteiger partial charge >= 0.3 is 0 Å². The van der Waals surface area contributed by atoms with E-state index < -0.39 is 0 Å².